The second-order valence-electron chi connectivity index (χ2n) is 3.19. The molecule has 1 aromatic heterocycles. The summed E-state index contributed by atoms with van der Waals surface area (Å²) in [5, 5.41) is 0. The molecule has 0 amide bonds. The molecule has 0 saturated carbocycles. The smallest absolute Gasteiger partial charge is 0.0346 e. The first-order chi connectivity index (χ1) is 6.79. The van der Waals surface area contributed by atoms with Crippen LogP contribution in [0.15, 0.2) is 47.6 Å². The Morgan fingerprint density at radius 3 is 2.71 bits per heavy atom. The second-order valence-corrected chi connectivity index (χ2v) is 3.67. The highest BCUT2D eigenvalue weighted by Gasteiger charge is 2.02. The zero-order valence-corrected chi connectivity index (χ0v) is 8.83. The van der Waals surface area contributed by atoms with Gasteiger partial charge in [-0.2, -0.15) is 0 Å². The lowest BCUT2D eigenvalue weighted by Gasteiger charge is -2.06. The van der Waals surface area contributed by atoms with E-state index in [1.807, 2.05) is 24.4 Å². The predicted octanol–water partition coefficient (Wildman–Crippen LogP) is 3.35. The maximum atomic E-state index is 4.40. The van der Waals surface area contributed by atoms with Crippen LogP contribution in [0.5, 0.6) is 0 Å². The van der Waals surface area contributed by atoms with E-state index >= 15 is 0 Å². The fourth-order valence-electron chi connectivity index (χ4n) is 1.46. The molecule has 0 aliphatic heterocycles. The van der Waals surface area contributed by atoms with Gasteiger partial charge in [0.25, 0.3) is 0 Å². The Morgan fingerprint density at radius 1 is 1.14 bits per heavy atom. The molecule has 0 aliphatic carbocycles. The summed E-state index contributed by atoms with van der Waals surface area (Å²) < 4.78 is 0. The van der Waals surface area contributed by atoms with Gasteiger partial charge in [-0.15, -0.1) is 12.6 Å². The van der Waals surface area contributed by atoms with Crippen LogP contribution in [0.1, 0.15) is 5.56 Å². The molecule has 0 spiro atoms. The van der Waals surface area contributed by atoms with Gasteiger partial charge < -0.3 is 0 Å². The van der Waals surface area contributed by atoms with Gasteiger partial charge >= 0.3 is 0 Å². The molecule has 2 heteroatoms. The van der Waals surface area contributed by atoms with E-state index in [0.29, 0.717) is 0 Å². The van der Waals surface area contributed by atoms with E-state index < -0.39 is 0 Å². The van der Waals surface area contributed by atoms with Crippen molar-refractivity contribution in [2.24, 2.45) is 0 Å². The number of aromatic nitrogens is 1. The highest BCUT2D eigenvalue weighted by atomic mass is 32.1. The van der Waals surface area contributed by atoms with E-state index in [4.69, 9.17) is 0 Å². The van der Waals surface area contributed by atoms with Gasteiger partial charge in [0.05, 0.1) is 0 Å². The second kappa shape index (κ2) is 3.84. The highest BCUT2D eigenvalue weighted by molar-refractivity contribution is 7.80. The van der Waals surface area contributed by atoms with Gasteiger partial charge in [0.1, 0.15) is 0 Å². The van der Waals surface area contributed by atoms with Crippen molar-refractivity contribution in [3.05, 3.63) is 48.3 Å². The van der Waals surface area contributed by atoms with Gasteiger partial charge in [-0.1, -0.05) is 18.2 Å². The number of hydrogen-bond donors (Lipinski definition) is 1. The van der Waals surface area contributed by atoms with Crippen molar-refractivity contribution in [1.82, 2.24) is 4.98 Å². The van der Waals surface area contributed by atoms with Crippen LogP contribution in [0.3, 0.4) is 0 Å². The molecule has 1 heterocycles. The van der Waals surface area contributed by atoms with Crippen molar-refractivity contribution in [3.8, 4) is 11.1 Å². The number of rotatable bonds is 1. The van der Waals surface area contributed by atoms with Crippen molar-refractivity contribution in [1.29, 1.82) is 0 Å². The van der Waals surface area contributed by atoms with Crippen LogP contribution in [0.4, 0.5) is 0 Å². The molecule has 70 valence electrons. The minimum atomic E-state index is 1.02. The lowest BCUT2D eigenvalue weighted by molar-refractivity contribution is 1.28. The minimum absolute atomic E-state index is 1.02. The summed E-state index contributed by atoms with van der Waals surface area (Å²) >= 11 is 4.40. The molecule has 1 nitrogen and oxygen atoms in total. The minimum Gasteiger partial charge on any atom is -0.264 e. The van der Waals surface area contributed by atoms with Crippen LogP contribution in [-0.4, -0.2) is 4.98 Å². The number of benzene rings is 1. The lowest BCUT2D eigenvalue weighted by Crippen LogP contribution is -1.85. The number of pyridine rings is 1. The van der Waals surface area contributed by atoms with Crippen molar-refractivity contribution in [2.75, 3.05) is 0 Å². The average Bonchev–Trinajstić information content (AvgIpc) is 2.23. The van der Waals surface area contributed by atoms with Gasteiger partial charge in [-0.3, -0.25) is 4.98 Å². The number of nitrogens with zero attached hydrogens (tertiary/aromatic N) is 1. The Morgan fingerprint density at radius 2 is 2.00 bits per heavy atom. The maximum Gasteiger partial charge on any atom is 0.0346 e. The molecular weight excluding hydrogens is 190 g/mol. The molecule has 0 N–H and O–H groups in total. The van der Waals surface area contributed by atoms with Crippen molar-refractivity contribution in [2.45, 2.75) is 11.8 Å². The summed E-state index contributed by atoms with van der Waals surface area (Å²) in [5.74, 6) is 0. The van der Waals surface area contributed by atoms with Crippen LogP contribution in [0.25, 0.3) is 11.1 Å². The monoisotopic (exact) mass is 201 g/mol. The molecule has 14 heavy (non-hydrogen) atoms. The summed E-state index contributed by atoms with van der Waals surface area (Å²) in [4.78, 5) is 5.13. The first-order valence-corrected chi connectivity index (χ1v) is 4.93. The molecule has 2 rings (SSSR count). The quantitative estimate of drug-likeness (QED) is 0.698. The van der Waals surface area contributed by atoms with Gasteiger partial charge in [-0.25, -0.2) is 0 Å². The Balaban J connectivity index is 2.58. The Bertz CT molecular complexity index is 437. The molecule has 0 bridgehead atoms. The Kier molecular flexibility index (Phi) is 2.55. The third kappa shape index (κ3) is 1.66. The normalized spacial score (nSPS) is 10.1. The van der Waals surface area contributed by atoms with Crippen LogP contribution in [0, 0.1) is 6.92 Å². The van der Waals surface area contributed by atoms with Crippen molar-refractivity contribution in [3.63, 3.8) is 0 Å². The van der Waals surface area contributed by atoms with Crippen LogP contribution >= 0.6 is 12.6 Å². The summed E-state index contributed by atoms with van der Waals surface area (Å²) in [7, 11) is 0. The molecule has 0 unspecified atom stereocenters. The van der Waals surface area contributed by atoms with Crippen molar-refractivity contribution >= 4 is 12.6 Å². The fourth-order valence-corrected chi connectivity index (χ4v) is 1.66. The van der Waals surface area contributed by atoms with E-state index in [0.717, 1.165) is 10.5 Å². The third-order valence-corrected chi connectivity index (χ3v) is 2.76. The lowest BCUT2D eigenvalue weighted by atomic mass is 10.0. The van der Waals surface area contributed by atoms with Crippen molar-refractivity contribution < 1.29 is 0 Å². The predicted molar refractivity (Wildman–Crippen MR) is 61.7 cm³/mol. The molecule has 0 radical (unpaired) electrons. The number of hydrogen-bond acceptors (Lipinski definition) is 2. The van der Waals surface area contributed by atoms with Gasteiger partial charge in [0, 0.05) is 22.9 Å². The summed E-state index contributed by atoms with van der Waals surface area (Å²) in [5.41, 5.74) is 3.54. The molecule has 0 aliphatic rings. The summed E-state index contributed by atoms with van der Waals surface area (Å²) in [6, 6.07) is 10.1. The molecule has 1 aromatic carbocycles. The molecular formula is C12H11NS. The van der Waals surface area contributed by atoms with Crippen LogP contribution in [0.2, 0.25) is 0 Å². The van der Waals surface area contributed by atoms with Gasteiger partial charge in [0.15, 0.2) is 0 Å². The first kappa shape index (κ1) is 9.28. The largest absolute Gasteiger partial charge is 0.264 e. The first-order valence-electron chi connectivity index (χ1n) is 4.48. The fraction of sp³-hybridized carbons (Fsp3) is 0.0833. The molecule has 0 atom stereocenters. The van der Waals surface area contributed by atoms with Crippen LogP contribution < -0.4 is 0 Å². The van der Waals surface area contributed by atoms with E-state index in [2.05, 4.69) is 36.7 Å². The average molecular weight is 201 g/mol. The zero-order valence-electron chi connectivity index (χ0n) is 7.94. The Hall–Kier alpha value is -1.28. The SMILES string of the molecule is Cc1c(S)cccc1-c1cccnc1. The van der Waals surface area contributed by atoms with Gasteiger partial charge in [-0.05, 0) is 30.2 Å². The van der Waals surface area contributed by atoms with E-state index in [1.165, 1.54) is 11.1 Å². The molecule has 0 saturated heterocycles. The maximum absolute atomic E-state index is 4.40. The summed E-state index contributed by atoms with van der Waals surface area (Å²) in [6.07, 6.45) is 3.65. The molecule has 2 aromatic rings. The van der Waals surface area contributed by atoms with E-state index in [1.54, 1.807) is 6.20 Å². The third-order valence-electron chi connectivity index (χ3n) is 2.28. The topological polar surface area (TPSA) is 12.9 Å². The Labute approximate surface area is 89.2 Å². The van der Waals surface area contributed by atoms with E-state index in [-0.39, 0.29) is 0 Å². The van der Waals surface area contributed by atoms with Gasteiger partial charge in [0.2, 0.25) is 0 Å². The standard InChI is InChI=1S/C12H11NS/c1-9-11(5-2-6-12(9)14)10-4-3-7-13-8-10/h2-8,14H,1H3. The zero-order chi connectivity index (χ0) is 9.97. The highest BCUT2D eigenvalue weighted by Crippen LogP contribution is 2.26. The van der Waals surface area contributed by atoms with Crippen LogP contribution in [-0.2, 0) is 0 Å². The molecule has 0 fully saturated rings. The number of thiol groups is 1. The van der Waals surface area contributed by atoms with E-state index in [9.17, 15) is 0 Å². The summed E-state index contributed by atoms with van der Waals surface area (Å²) in [6.45, 7) is 2.07.